The van der Waals surface area contributed by atoms with Crippen LogP contribution in [0.1, 0.15) is 0 Å². The summed E-state index contributed by atoms with van der Waals surface area (Å²) >= 11 is 0. The van der Waals surface area contributed by atoms with Crippen molar-refractivity contribution in [2.45, 2.75) is 0 Å². The van der Waals surface area contributed by atoms with E-state index in [2.05, 4.69) is 115 Å². The van der Waals surface area contributed by atoms with Crippen LogP contribution in [0.5, 0.6) is 0 Å². The fourth-order valence-electron chi connectivity index (χ4n) is 6.58. The summed E-state index contributed by atoms with van der Waals surface area (Å²) in [6.07, 6.45) is 0. The maximum Gasteiger partial charge on any atom is 0.164 e. The molecule has 0 unspecified atom stereocenters. The molecule has 0 radical (unpaired) electrons. The maximum absolute atomic E-state index is 5.03. The number of hydrogen-bond donors (Lipinski definition) is 0. The van der Waals surface area contributed by atoms with E-state index in [1.54, 1.807) is 0 Å². The van der Waals surface area contributed by atoms with Crippen LogP contribution in [0.4, 0.5) is 0 Å². The first-order valence-corrected chi connectivity index (χ1v) is 16.2. The lowest BCUT2D eigenvalue weighted by molar-refractivity contribution is 1.07. The van der Waals surface area contributed by atoms with Gasteiger partial charge in [0.15, 0.2) is 17.5 Å². The molecule has 0 N–H and O–H groups in total. The molecule has 0 saturated carbocycles. The van der Waals surface area contributed by atoms with Gasteiger partial charge >= 0.3 is 0 Å². The van der Waals surface area contributed by atoms with E-state index >= 15 is 0 Å². The van der Waals surface area contributed by atoms with E-state index in [-0.39, 0.29) is 0 Å². The van der Waals surface area contributed by atoms with Gasteiger partial charge in [0.05, 0.1) is 0 Å². The number of aromatic nitrogens is 3. The van der Waals surface area contributed by atoms with Crippen molar-refractivity contribution >= 4 is 32.3 Å². The van der Waals surface area contributed by atoms with E-state index in [0.717, 1.165) is 33.2 Å². The molecule has 9 rings (SSSR count). The van der Waals surface area contributed by atoms with Gasteiger partial charge in [-0.3, -0.25) is 0 Å². The fraction of sp³-hybridized carbons (Fsp3) is 0. The Morgan fingerprint density at radius 1 is 0.250 bits per heavy atom. The Hall–Kier alpha value is -6.45. The number of benzene rings is 8. The highest BCUT2D eigenvalue weighted by Gasteiger charge is 2.15. The lowest BCUT2D eigenvalue weighted by Gasteiger charge is -2.13. The van der Waals surface area contributed by atoms with Crippen LogP contribution < -0.4 is 0 Å². The van der Waals surface area contributed by atoms with Crippen LogP contribution in [0.25, 0.3) is 88.7 Å². The molecule has 0 bridgehead atoms. The molecule has 0 atom stereocenters. The van der Waals surface area contributed by atoms with E-state index in [4.69, 9.17) is 15.0 Å². The second-order valence-corrected chi connectivity index (χ2v) is 12.1. The Labute approximate surface area is 278 Å². The minimum absolute atomic E-state index is 0.649. The SMILES string of the molecule is c1ccc(-c2nc(-c3ccccc3)nc(-c3cc(-c4ccc5cc(-c6ccc7ccccc7c6)ccc5c4)c4ccccc4c3)n2)cc1. The van der Waals surface area contributed by atoms with Gasteiger partial charge < -0.3 is 0 Å². The fourth-order valence-corrected chi connectivity index (χ4v) is 6.58. The van der Waals surface area contributed by atoms with Crippen molar-refractivity contribution in [3.63, 3.8) is 0 Å². The Kier molecular flexibility index (Phi) is 6.80. The van der Waals surface area contributed by atoms with Gasteiger partial charge in [0, 0.05) is 16.7 Å². The summed E-state index contributed by atoms with van der Waals surface area (Å²) in [5, 5.41) is 7.24. The third-order valence-electron chi connectivity index (χ3n) is 9.05. The Morgan fingerprint density at radius 3 is 1.29 bits per heavy atom. The smallest absolute Gasteiger partial charge is 0.164 e. The average Bonchev–Trinajstić information content (AvgIpc) is 3.17. The zero-order chi connectivity index (χ0) is 31.9. The molecule has 3 nitrogen and oxygen atoms in total. The number of nitrogens with zero attached hydrogens (tertiary/aromatic N) is 3. The van der Waals surface area contributed by atoms with E-state index in [1.165, 1.54) is 38.1 Å². The van der Waals surface area contributed by atoms with Crippen LogP contribution >= 0.6 is 0 Å². The molecule has 0 aliphatic heterocycles. The second-order valence-electron chi connectivity index (χ2n) is 12.1. The van der Waals surface area contributed by atoms with Crippen LogP contribution in [0.3, 0.4) is 0 Å². The van der Waals surface area contributed by atoms with E-state index in [1.807, 2.05) is 60.7 Å². The minimum Gasteiger partial charge on any atom is -0.208 e. The predicted molar refractivity (Wildman–Crippen MR) is 200 cm³/mol. The molecule has 1 heterocycles. The normalized spacial score (nSPS) is 11.3. The van der Waals surface area contributed by atoms with Crippen molar-refractivity contribution in [2.75, 3.05) is 0 Å². The number of rotatable bonds is 5. The topological polar surface area (TPSA) is 38.7 Å². The third kappa shape index (κ3) is 5.18. The lowest BCUT2D eigenvalue weighted by Crippen LogP contribution is -2.00. The first-order valence-electron chi connectivity index (χ1n) is 16.2. The molecule has 3 heteroatoms. The van der Waals surface area contributed by atoms with Crippen LogP contribution in [0, 0.1) is 0 Å². The summed E-state index contributed by atoms with van der Waals surface area (Å²) < 4.78 is 0. The maximum atomic E-state index is 5.03. The summed E-state index contributed by atoms with van der Waals surface area (Å²) in [4.78, 5) is 15.0. The highest BCUT2D eigenvalue weighted by atomic mass is 15.0. The first kappa shape index (κ1) is 27.8. The Bertz CT molecular complexity index is 2550. The molecule has 0 saturated heterocycles. The summed E-state index contributed by atoms with van der Waals surface area (Å²) in [7, 11) is 0. The highest BCUT2D eigenvalue weighted by Crippen LogP contribution is 2.36. The van der Waals surface area contributed by atoms with Gasteiger partial charge in [0.1, 0.15) is 0 Å². The van der Waals surface area contributed by atoms with Gasteiger partial charge in [-0.2, -0.15) is 0 Å². The van der Waals surface area contributed by atoms with Crippen molar-refractivity contribution < 1.29 is 0 Å². The molecule has 0 amide bonds. The van der Waals surface area contributed by atoms with Gasteiger partial charge in [-0.25, -0.2) is 15.0 Å². The van der Waals surface area contributed by atoms with E-state index in [9.17, 15) is 0 Å². The molecule has 224 valence electrons. The van der Waals surface area contributed by atoms with Crippen molar-refractivity contribution in [1.29, 1.82) is 0 Å². The zero-order valence-corrected chi connectivity index (χ0v) is 26.1. The second kappa shape index (κ2) is 11.7. The standard InChI is InChI=1S/C45H29N3/c1-3-12-31(13-4-1)43-46-44(32-14-5-2-6-15-32)48-45(47-43)40-28-38-17-9-10-18-41(38)42(29-40)39-24-23-36-26-35(21-22-37(36)27-39)34-20-19-30-11-7-8-16-33(30)25-34/h1-29H. The van der Waals surface area contributed by atoms with Gasteiger partial charge in [-0.05, 0) is 84.9 Å². The van der Waals surface area contributed by atoms with Crippen LogP contribution in [0.15, 0.2) is 176 Å². The summed E-state index contributed by atoms with van der Waals surface area (Å²) in [5.41, 5.74) is 7.60. The van der Waals surface area contributed by atoms with Gasteiger partial charge in [-0.15, -0.1) is 0 Å². The zero-order valence-electron chi connectivity index (χ0n) is 26.1. The monoisotopic (exact) mass is 611 g/mol. The third-order valence-corrected chi connectivity index (χ3v) is 9.05. The summed E-state index contributed by atoms with van der Waals surface area (Å²) in [6.45, 7) is 0. The molecule has 1 aromatic heterocycles. The van der Waals surface area contributed by atoms with E-state index < -0.39 is 0 Å². The predicted octanol–water partition coefficient (Wildman–Crippen LogP) is 11.7. The summed E-state index contributed by atoms with van der Waals surface area (Å²) in [6, 6.07) is 61.9. The van der Waals surface area contributed by atoms with Gasteiger partial charge in [0.25, 0.3) is 0 Å². The van der Waals surface area contributed by atoms with Gasteiger partial charge in [0.2, 0.25) is 0 Å². The molecule has 0 spiro atoms. The van der Waals surface area contributed by atoms with Crippen molar-refractivity contribution in [1.82, 2.24) is 15.0 Å². The quantitative estimate of drug-likeness (QED) is 0.194. The Morgan fingerprint density at radius 2 is 0.667 bits per heavy atom. The van der Waals surface area contributed by atoms with Crippen LogP contribution in [0.2, 0.25) is 0 Å². The van der Waals surface area contributed by atoms with E-state index in [0.29, 0.717) is 17.5 Å². The van der Waals surface area contributed by atoms with Crippen LogP contribution in [-0.4, -0.2) is 15.0 Å². The van der Waals surface area contributed by atoms with Crippen molar-refractivity contribution in [3.8, 4) is 56.4 Å². The number of fused-ring (bicyclic) bond motifs is 3. The highest BCUT2D eigenvalue weighted by molar-refractivity contribution is 6.02. The molecular formula is C45H29N3. The summed E-state index contributed by atoms with van der Waals surface area (Å²) in [5.74, 6) is 1.96. The molecule has 0 fully saturated rings. The molecule has 48 heavy (non-hydrogen) atoms. The molecule has 0 aliphatic rings. The molecular weight excluding hydrogens is 583 g/mol. The van der Waals surface area contributed by atoms with Crippen molar-refractivity contribution in [2.24, 2.45) is 0 Å². The minimum atomic E-state index is 0.649. The van der Waals surface area contributed by atoms with Crippen molar-refractivity contribution in [3.05, 3.63) is 176 Å². The average molecular weight is 612 g/mol. The first-order chi connectivity index (χ1) is 23.7. The molecule has 8 aromatic carbocycles. The largest absolute Gasteiger partial charge is 0.208 e. The van der Waals surface area contributed by atoms with Crippen LogP contribution in [-0.2, 0) is 0 Å². The van der Waals surface area contributed by atoms with Gasteiger partial charge in [-0.1, -0.05) is 146 Å². The molecule has 9 aromatic rings. The number of hydrogen-bond acceptors (Lipinski definition) is 3. The Balaban J connectivity index is 1.17. The lowest BCUT2D eigenvalue weighted by atomic mass is 9.93. The molecule has 0 aliphatic carbocycles.